The number of nitrogens with zero attached hydrogens (tertiary/aromatic N) is 1. The summed E-state index contributed by atoms with van der Waals surface area (Å²) in [6.45, 7) is 2.34. The van der Waals surface area contributed by atoms with Crippen molar-refractivity contribution < 1.29 is 9.53 Å². The van der Waals surface area contributed by atoms with Crippen LogP contribution in [0.25, 0.3) is 0 Å². The third-order valence-electron chi connectivity index (χ3n) is 1.51. The number of hydrogen-bond acceptors (Lipinski definition) is 2. The van der Waals surface area contributed by atoms with Crippen molar-refractivity contribution >= 4 is 5.91 Å². The number of hydrogen-bond donors (Lipinski definition) is 0. The molecule has 0 aromatic heterocycles. The van der Waals surface area contributed by atoms with Crippen molar-refractivity contribution in [3.8, 4) is 0 Å². The maximum atomic E-state index is 10.6. The Bertz CT molecular complexity index is 114. The Hall–Kier alpha value is -0.570. The SMILES string of the molecule is COCCN1CCC1=O. The summed E-state index contributed by atoms with van der Waals surface area (Å²) >= 11 is 0. The first kappa shape index (κ1) is 6.55. The topological polar surface area (TPSA) is 29.5 Å². The molecule has 0 aliphatic carbocycles. The lowest BCUT2D eigenvalue weighted by Crippen LogP contribution is -2.44. The van der Waals surface area contributed by atoms with E-state index in [1.54, 1.807) is 12.0 Å². The molecule has 0 spiro atoms. The first-order valence-electron chi connectivity index (χ1n) is 3.11. The average molecular weight is 129 g/mol. The van der Waals surface area contributed by atoms with Gasteiger partial charge in [-0.15, -0.1) is 0 Å². The normalized spacial score (nSPS) is 17.9. The molecule has 1 rings (SSSR count). The minimum atomic E-state index is 0.257. The second-order valence-corrected chi connectivity index (χ2v) is 2.12. The minimum Gasteiger partial charge on any atom is -0.383 e. The molecule has 0 aromatic carbocycles. The number of β-lactam (4-membered cyclic amide) rings is 1. The zero-order valence-corrected chi connectivity index (χ0v) is 5.59. The summed E-state index contributed by atoms with van der Waals surface area (Å²) in [4.78, 5) is 12.4. The van der Waals surface area contributed by atoms with E-state index < -0.39 is 0 Å². The first-order chi connectivity index (χ1) is 4.34. The summed E-state index contributed by atoms with van der Waals surface area (Å²) in [5, 5.41) is 0. The number of likely N-dealkylation sites (tertiary alicyclic amines) is 1. The van der Waals surface area contributed by atoms with Gasteiger partial charge >= 0.3 is 0 Å². The molecule has 52 valence electrons. The highest BCUT2D eigenvalue weighted by Crippen LogP contribution is 2.06. The van der Waals surface area contributed by atoms with E-state index >= 15 is 0 Å². The Morgan fingerprint density at radius 1 is 1.78 bits per heavy atom. The van der Waals surface area contributed by atoms with Crippen LogP contribution >= 0.6 is 0 Å². The second kappa shape index (κ2) is 2.82. The predicted octanol–water partition coefficient (Wildman–Crippen LogP) is -0.135. The quantitative estimate of drug-likeness (QED) is 0.496. The Morgan fingerprint density at radius 3 is 2.89 bits per heavy atom. The van der Waals surface area contributed by atoms with Crippen LogP contribution in [0.4, 0.5) is 0 Å². The van der Waals surface area contributed by atoms with Crippen LogP contribution in [0.15, 0.2) is 0 Å². The van der Waals surface area contributed by atoms with Gasteiger partial charge in [0, 0.05) is 26.6 Å². The van der Waals surface area contributed by atoms with Crippen molar-refractivity contribution in [1.29, 1.82) is 0 Å². The van der Waals surface area contributed by atoms with Crippen LogP contribution in [0.3, 0.4) is 0 Å². The minimum absolute atomic E-state index is 0.257. The summed E-state index contributed by atoms with van der Waals surface area (Å²) in [7, 11) is 1.64. The van der Waals surface area contributed by atoms with Gasteiger partial charge in [0.15, 0.2) is 0 Å². The molecule has 0 aromatic rings. The average Bonchev–Trinajstić information content (AvgIpc) is 1.86. The molecule has 3 heteroatoms. The van der Waals surface area contributed by atoms with Crippen LogP contribution in [-0.2, 0) is 9.53 Å². The van der Waals surface area contributed by atoms with Gasteiger partial charge in [-0.3, -0.25) is 4.79 Å². The molecule has 1 aliphatic heterocycles. The highest BCUT2D eigenvalue weighted by Gasteiger charge is 2.22. The second-order valence-electron chi connectivity index (χ2n) is 2.12. The van der Waals surface area contributed by atoms with Gasteiger partial charge in [0.1, 0.15) is 0 Å². The third-order valence-corrected chi connectivity index (χ3v) is 1.51. The lowest BCUT2D eigenvalue weighted by atomic mass is 10.2. The van der Waals surface area contributed by atoms with Gasteiger partial charge in [-0.1, -0.05) is 0 Å². The summed E-state index contributed by atoms with van der Waals surface area (Å²) in [6.07, 6.45) is 0.726. The van der Waals surface area contributed by atoms with Crippen LogP contribution in [0.5, 0.6) is 0 Å². The fraction of sp³-hybridized carbons (Fsp3) is 0.833. The molecule has 0 unspecified atom stereocenters. The Labute approximate surface area is 54.6 Å². The molecule has 1 amide bonds. The molecule has 1 aliphatic rings. The van der Waals surface area contributed by atoms with Gasteiger partial charge in [-0.05, 0) is 0 Å². The molecular weight excluding hydrogens is 118 g/mol. The zero-order valence-electron chi connectivity index (χ0n) is 5.59. The van der Waals surface area contributed by atoms with Gasteiger partial charge in [-0.2, -0.15) is 0 Å². The van der Waals surface area contributed by atoms with Crippen molar-refractivity contribution in [3.05, 3.63) is 0 Å². The van der Waals surface area contributed by atoms with Crippen molar-refractivity contribution in [1.82, 2.24) is 4.90 Å². The van der Waals surface area contributed by atoms with Crippen molar-refractivity contribution in [2.45, 2.75) is 6.42 Å². The van der Waals surface area contributed by atoms with E-state index in [1.807, 2.05) is 0 Å². The molecule has 0 atom stereocenters. The van der Waals surface area contributed by atoms with E-state index in [2.05, 4.69) is 0 Å². The monoisotopic (exact) mass is 129 g/mol. The van der Waals surface area contributed by atoms with Crippen LogP contribution < -0.4 is 0 Å². The van der Waals surface area contributed by atoms with Crippen LogP contribution in [0, 0.1) is 0 Å². The Morgan fingerprint density at radius 2 is 2.56 bits per heavy atom. The van der Waals surface area contributed by atoms with E-state index in [4.69, 9.17) is 4.74 Å². The number of carbonyl (C=O) groups is 1. The van der Waals surface area contributed by atoms with E-state index in [9.17, 15) is 4.79 Å². The predicted molar refractivity (Wildman–Crippen MR) is 33.1 cm³/mol. The number of methoxy groups -OCH3 is 1. The van der Waals surface area contributed by atoms with Crippen molar-refractivity contribution in [2.75, 3.05) is 26.8 Å². The number of ether oxygens (including phenoxy) is 1. The van der Waals surface area contributed by atoms with Crippen molar-refractivity contribution in [2.24, 2.45) is 0 Å². The van der Waals surface area contributed by atoms with E-state index in [-0.39, 0.29) is 5.91 Å². The fourth-order valence-corrected chi connectivity index (χ4v) is 0.799. The smallest absolute Gasteiger partial charge is 0.224 e. The van der Waals surface area contributed by atoms with Gasteiger partial charge in [0.05, 0.1) is 6.61 Å². The van der Waals surface area contributed by atoms with Gasteiger partial charge in [0.2, 0.25) is 5.91 Å². The number of carbonyl (C=O) groups excluding carboxylic acids is 1. The van der Waals surface area contributed by atoms with Crippen LogP contribution in [0.1, 0.15) is 6.42 Å². The highest BCUT2D eigenvalue weighted by atomic mass is 16.5. The van der Waals surface area contributed by atoms with Crippen molar-refractivity contribution in [3.63, 3.8) is 0 Å². The Kier molecular flexibility index (Phi) is 2.05. The van der Waals surface area contributed by atoms with Gasteiger partial charge in [-0.25, -0.2) is 0 Å². The molecule has 0 saturated carbocycles. The molecule has 0 N–H and O–H groups in total. The largest absolute Gasteiger partial charge is 0.383 e. The standard InChI is InChI=1S/C6H11NO2/c1-9-5-4-7-3-2-6(7)8/h2-5H2,1H3. The number of amides is 1. The molecular formula is C6H11NO2. The van der Waals surface area contributed by atoms with E-state index in [0.717, 1.165) is 19.5 Å². The van der Waals surface area contributed by atoms with Gasteiger partial charge < -0.3 is 9.64 Å². The molecule has 1 fully saturated rings. The highest BCUT2D eigenvalue weighted by molar-refractivity contribution is 5.81. The van der Waals surface area contributed by atoms with E-state index in [0.29, 0.717) is 6.61 Å². The zero-order chi connectivity index (χ0) is 6.69. The van der Waals surface area contributed by atoms with E-state index in [1.165, 1.54) is 0 Å². The maximum Gasteiger partial charge on any atom is 0.224 e. The molecule has 0 radical (unpaired) electrons. The summed E-state index contributed by atoms with van der Waals surface area (Å²) in [5.74, 6) is 0.257. The van der Waals surface area contributed by atoms with Crippen LogP contribution in [-0.4, -0.2) is 37.6 Å². The number of rotatable bonds is 3. The lowest BCUT2D eigenvalue weighted by Gasteiger charge is -2.30. The fourth-order valence-electron chi connectivity index (χ4n) is 0.799. The molecule has 1 heterocycles. The first-order valence-corrected chi connectivity index (χ1v) is 3.11. The Balaban J connectivity index is 2.06. The molecule has 3 nitrogen and oxygen atoms in total. The van der Waals surface area contributed by atoms with Crippen LogP contribution in [0.2, 0.25) is 0 Å². The summed E-state index contributed by atoms with van der Waals surface area (Å²) in [6, 6.07) is 0. The summed E-state index contributed by atoms with van der Waals surface area (Å²) in [5.41, 5.74) is 0. The van der Waals surface area contributed by atoms with Gasteiger partial charge in [0.25, 0.3) is 0 Å². The third kappa shape index (κ3) is 1.42. The summed E-state index contributed by atoms with van der Waals surface area (Å²) < 4.78 is 4.80. The maximum absolute atomic E-state index is 10.6. The molecule has 1 saturated heterocycles. The molecule has 9 heavy (non-hydrogen) atoms. The molecule has 0 bridgehead atoms. The lowest BCUT2D eigenvalue weighted by molar-refractivity contribution is -0.140.